The van der Waals surface area contributed by atoms with Crippen LogP contribution in [0.2, 0.25) is 0 Å². The van der Waals surface area contributed by atoms with Gasteiger partial charge in [-0.2, -0.15) is 0 Å². The Bertz CT molecular complexity index is 2890. The summed E-state index contributed by atoms with van der Waals surface area (Å²) in [6.07, 6.45) is 0. The molecule has 0 amide bonds. The van der Waals surface area contributed by atoms with Crippen molar-refractivity contribution >= 4 is 53.2 Å². The lowest BCUT2D eigenvalue weighted by Gasteiger charge is -2.14. The molecule has 0 saturated heterocycles. The van der Waals surface area contributed by atoms with Gasteiger partial charge in [0.25, 0.3) is 0 Å². The molecular weight excluding hydrogens is 639 g/mol. The highest BCUT2D eigenvalue weighted by molar-refractivity contribution is 7.26. The van der Waals surface area contributed by atoms with Crippen LogP contribution in [0.5, 0.6) is 0 Å². The van der Waals surface area contributed by atoms with E-state index in [0.717, 1.165) is 55.8 Å². The molecule has 3 aromatic heterocycles. The van der Waals surface area contributed by atoms with Gasteiger partial charge in [-0.05, 0) is 34.0 Å². The number of rotatable bonds is 5. The van der Waals surface area contributed by atoms with Crippen molar-refractivity contribution < 1.29 is 0 Å². The van der Waals surface area contributed by atoms with Crippen molar-refractivity contribution in [1.82, 2.24) is 15.0 Å². The fraction of sp³-hybridized carbons (Fsp3) is 0. The van der Waals surface area contributed by atoms with Gasteiger partial charge in [0, 0.05) is 47.8 Å². The second-order valence-electron chi connectivity index (χ2n) is 12.8. The van der Waals surface area contributed by atoms with Crippen molar-refractivity contribution in [1.29, 1.82) is 0 Å². The SMILES string of the molecule is c1ccc(-c2ccc(-c3nc(-c4ccccc4)cc(-c4cccc5c4nc(-c4cccc6ccccc46)c4c6ccccc6sc54)n3)cc2)cc1. The molecule has 51 heavy (non-hydrogen) atoms. The van der Waals surface area contributed by atoms with Gasteiger partial charge >= 0.3 is 0 Å². The summed E-state index contributed by atoms with van der Waals surface area (Å²) in [6.45, 7) is 0. The van der Waals surface area contributed by atoms with E-state index in [1.807, 2.05) is 23.5 Å². The van der Waals surface area contributed by atoms with Crippen LogP contribution in [0.4, 0.5) is 0 Å². The molecule has 3 heterocycles. The number of hydrogen-bond donors (Lipinski definition) is 0. The number of para-hydroxylation sites is 1. The van der Waals surface area contributed by atoms with E-state index >= 15 is 0 Å². The van der Waals surface area contributed by atoms with Gasteiger partial charge in [0.1, 0.15) is 0 Å². The maximum Gasteiger partial charge on any atom is 0.160 e. The molecule has 7 aromatic carbocycles. The maximum atomic E-state index is 5.62. The minimum atomic E-state index is 0.681. The van der Waals surface area contributed by atoms with Crippen LogP contribution in [0.1, 0.15) is 0 Å². The van der Waals surface area contributed by atoms with Gasteiger partial charge in [-0.15, -0.1) is 11.3 Å². The molecule has 0 unspecified atom stereocenters. The van der Waals surface area contributed by atoms with Crippen molar-refractivity contribution in [2.75, 3.05) is 0 Å². The Balaban J connectivity index is 1.24. The molecule has 0 N–H and O–H groups in total. The first kappa shape index (κ1) is 29.4. The van der Waals surface area contributed by atoms with Crippen molar-refractivity contribution in [2.24, 2.45) is 0 Å². The zero-order valence-corrected chi connectivity index (χ0v) is 28.3. The third-order valence-corrected chi connectivity index (χ3v) is 10.9. The van der Waals surface area contributed by atoms with Crippen molar-refractivity contribution in [3.63, 3.8) is 0 Å². The minimum Gasteiger partial charge on any atom is -0.246 e. The Morgan fingerprint density at radius 2 is 0.980 bits per heavy atom. The quantitative estimate of drug-likeness (QED) is 0.183. The predicted molar refractivity (Wildman–Crippen MR) is 215 cm³/mol. The van der Waals surface area contributed by atoms with Gasteiger partial charge in [-0.1, -0.05) is 164 Å². The smallest absolute Gasteiger partial charge is 0.160 e. The lowest BCUT2D eigenvalue weighted by atomic mass is 9.96. The highest BCUT2D eigenvalue weighted by atomic mass is 32.1. The van der Waals surface area contributed by atoms with Crippen molar-refractivity contribution in [2.45, 2.75) is 0 Å². The van der Waals surface area contributed by atoms with Crippen molar-refractivity contribution in [3.8, 4) is 56.3 Å². The lowest BCUT2D eigenvalue weighted by Crippen LogP contribution is -1.97. The van der Waals surface area contributed by atoms with Gasteiger partial charge in [0.05, 0.1) is 22.6 Å². The number of aromatic nitrogens is 3. The second kappa shape index (κ2) is 12.1. The Labute approximate surface area is 299 Å². The molecule has 0 saturated carbocycles. The Morgan fingerprint density at radius 3 is 1.80 bits per heavy atom. The number of benzene rings is 7. The van der Waals surface area contributed by atoms with Crippen LogP contribution in [0, 0.1) is 0 Å². The highest BCUT2D eigenvalue weighted by Crippen LogP contribution is 2.45. The Morgan fingerprint density at radius 1 is 0.392 bits per heavy atom. The first-order valence-corrected chi connectivity index (χ1v) is 17.9. The zero-order valence-electron chi connectivity index (χ0n) is 27.5. The van der Waals surface area contributed by atoms with E-state index in [0.29, 0.717) is 5.82 Å². The average molecular weight is 668 g/mol. The summed E-state index contributed by atoms with van der Waals surface area (Å²) in [5.74, 6) is 0.681. The van der Waals surface area contributed by atoms with E-state index in [4.69, 9.17) is 15.0 Å². The molecule has 0 spiro atoms. The van der Waals surface area contributed by atoms with Gasteiger partial charge in [-0.25, -0.2) is 15.0 Å². The minimum absolute atomic E-state index is 0.681. The first-order valence-electron chi connectivity index (χ1n) is 17.1. The fourth-order valence-corrected chi connectivity index (χ4v) is 8.46. The van der Waals surface area contributed by atoms with Crippen LogP contribution in [0.25, 0.3) is 98.1 Å². The molecule has 0 radical (unpaired) electrons. The molecule has 0 aliphatic heterocycles. The molecular formula is C47H29N3S. The summed E-state index contributed by atoms with van der Waals surface area (Å²) in [5, 5.41) is 5.94. The molecule has 4 heteroatoms. The van der Waals surface area contributed by atoms with Crippen LogP contribution in [0.15, 0.2) is 176 Å². The van der Waals surface area contributed by atoms with Gasteiger partial charge in [-0.3, -0.25) is 0 Å². The molecule has 3 nitrogen and oxygen atoms in total. The van der Waals surface area contributed by atoms with Crippen LogP contribution >= 0.6 is 11.3 Å². The Kier molecular flexibility index (Phi) is 7.00. The van der Waals surface area contributed by atoms with Gasteiger partial charge in [0.2, 0.25) is 0 Å². The normalized spacial score (nSPS) is 11.5. The molecule has 0 atom stereocenters. The third kappa shape index (κ3) is 5.08. The molecule has 0 aliphatic carbocycles. The summed E-state index contributed by atoms with van der Waals surface area (Å²) in [5.41, 5.74) is 10.1. The van der Waals surface area contributed by atoms with Crippen molar-refractivity contribution in [3.05, 3.63) is 176 Å². The van der Waals surface area contributed by atoms with Crippen LogP contribution in [-0.4, -0.2) is 15.0 Å². The predicted octanol–water partition coefficient (Wildman–Crippen LogP) is 12.9. The standard InChI is InChI=1S/C47H29N3S/c1-3-13-30(14-4-1)31-25-27-34(28-26-31)47-48-40(33-16-5-2-6-17-33)29-41(49-47)37-22-12-23-39-44(37)50-45(36-21-11-18-32-15-7-8-19-35(32)36)43-38-20-9-10-24-42(38)51-46(39)43/h1-29H. The largest absolute Gasteiger partial charge is 0.246 e. The average Bonchev–Trinajstić information content (AvgIpc) is 3.61. The van der Waals surface area contributed by atoms with E-state index in [-0.39, 0.29) is 0 Å². The summed E-state index contributed by atoms with van der Waals surface area (Å²) >= 11 is 1.84. The highest BCUT2D eigenvalue weighted by Gasteiger charge is 2.21. The number of fused-ring (bicyclic) bond motifs is 6. The third-order valence-electron chi connectivity index (χ3n) is 9.70. The topological polar surface area (TPSA) is 38.7 Å². The molecule has 10 aromatic rings. The summed E-state index contributed by atoms with van der Waals surface area (Å²) < 4.78 is 2.49. The fourth-order valence-electron chi connectivity index (χ4n) is 7.23. The zero-order chi connectivity index (χ0) is 33.7. The van der Waals surface area contributed by atoms with Crippen LogP contribution in [-0.2, 0) is 0 Å². The number of thiophene rings is 1. The van der Waals surface area contributed by atoms with E-state index in [2.05, 4.69) is 164 Å². The second-order valence-corrected chi connectivity index (χ2v) is 13.8. The van der Waals surface area contributed by atoms with Crippen LogP contribution < -0.4 is 0 Å². The molecule has 0 bridgehead atoms. The summed E-state index contributed by atoms with van der Waals surface area (Å²) in [4.78, 5) is 16.0. The van der Waals surface area contributed by atoms with Gasteiger partial charge < -0.3 is 0 Å². The van der Waals surface area contributed by atoms with Crippen LogP contribution in [0.3, 0.4) is 0 Å². The van der Waals surface area contributed by atoms with E-state index in [1.54, 1.807) is 0 Å². The number of hydrogen-bond acceptors (Lipinski definition) is 4. The summed E-state index contributed by atoms with van der Waals surface area (Å²) in [6, 6.07) is 61.8. The summed E-state index contributed by atoms with van der Waals surface area (Å²) in [7, 11) is 0. The Hall–Kier alpha value is -6.49. The molecule has 238 valence electrons. The van der Waals surface area contributed by atoms with E-state index in [1.165, 1.54) is 36.5 Å². The monoisotopic (exact) mass is 667 g/mol. The van der Waals surface area contributed by atoms with E-state index < -0.39 is 0 Å². The first-order chi connectivity index (χ1) is 25.3. The van der Waals surface area contributed by atoms with E-state index in [9.17, 15) is 0 Å². The molecule has 0 fully saturated rings. The van der Waals surface area contributed by atoms with Gasteiger partial charge in [0.15, 0.2) is 5.82 Å². The number of nitrogens with zero attached hydrogens (tertiary/aromatic N) is 3. The maximum absolute atomic E-state index is 5.62. The molecule has 10 rings (SSSR count). The molecule has 0 aliphatic rings. The number of pyridine rings is 1. The lowest BCUT2D eigenvalue weighted by molar-refractivity contribution is 1.18.